The fourth-order valence-electron chi connectivity index (χ4n) is 0.200. The van der Waals surface area contributed by atoms with Crippen molar-refractivity contribution in [2.45, 2.75) is 0 Å². The van der Waals surface area contributed by atoms with Crippen LogP contribution in [0.5, 0.6) is 0 Å². The van der Waals surface area contributed by atoms with E-state index in [4.69, 9.17) is 0 Å². The van der Waals surface area contributed by atoms with Gasteiger partial charge in [0.2, 0.25) is 0 Å². The summed E-state index contributed by atoms with van der Waals surface area (Å²) < 4.78 is 4.66. The van der Waals surface area contributed by atoms with Gasteiger partial charge in [0.25, 0.3) is 0 Å². The molecule has 0 rings (SSSR count). The Morgan fingerprint density at radius 1 is 1.75 bits per heavy atom. The summed E-state index contributed by atoms with van der Waals surface area (Å²) in [5, 5.41) is 0. The zero-order valence-corrected chi connectivity index (χ0v) is 4.59. The summed E-state index contributed by atoms with van der Waals surface area (Å²) in [5.41, 5.74) is 0. The Morgan fingerprint density at radius 3 is 2.75 bits per heavy atom. The maximum absolute atomic E-state index is 9.75. The van der Waals surface area contributed by atoms with E-state index >= 15 is 0 Å². The minimum atomic E-state index is 0.143. The highest BCUT2D eigenvalue weighted by Crippen LogP contribution is 1.85. The molecule has 0 bridgehead atoms. The second-order valence-corrected chi connectivity index (χ2v) is 1.18. The molecule has 0 aliphatic heterocycles. The molecule has 0 fully saturated rings. The molecule has 0 heterocycles. The van der Waals surface area contributed by atoms with Crippen LogP contribution < -0.4 is 0 Å². The van der Waals surface area contributed by atoms with Gasteiger partial charge in [-0.25, -0.2) is 0 Å². The van der Waals surface area contributed by atoms with Crippen LogP contribution >= 0.6 is 0 Å². The highest BCUT2D eigenvalue weighted by molar-refractivity contribution is 5.68. The lowest BCUT2D eigenvalue weighted by Gasteiger charge is -1.95. The molecule has 0 aromatic heterocycles. The van der Waals surface area contributed by atoms with Crippen LogP contribution in [0.2, 0.25) is 0 Å². The lowest BCUT2D eigenvalue weighted by atomic mass is 10.6. The van der Waals surface area contributed by atoms with Gasteiger partial charge in [0.15, 0.2) is 12.0 Å². The van der Waals surface area contributed by atoms with Gasteiger partial charge in [-0.3, -0.25) is 4.79 Å². The molecule has 0 aromatic rings. The van der Waals surface area contributed by atoms with Gasteiger partial charge in [-0.1, -0.05) is 19.2 Å². The third kappa shape index (κ3) is 3.15. The number of carbonyl (C=O) groups is 1. The Balaban J connectivity index is 3.24. The van der Waals surface area contributed by atoms with E-state index < -0.39 is 0 Å². The third-order valence-electron chi connectivity index (χ3n) is 0.518. The predicted molar refractivity (Wildman–Crippen MR) is 31.4 cm³/mol. The van der Waals surface area contributed by atoms with Gasteiger partial charge in [0.1, 0.15) is 6.61 Å². The molecular weight excluding hydrogens is 104 g/mol. The zero-order valence-electron chi connectivity index (χ0n) is 4.59. The van der Waals surface area contributed by atoms with Crippen LogP contribution in [0.25, 0.3) is 0 Å². The molecule has 0 saturated carbocycles. The predicted octanol–water partition coefficient (Wildman–Crippen LogP) is 0.902. The number of hydrogen-bond acceptors (Lipinski definition) is 2. The summed E-state index contributed by atoms with van der Waals surface area (Å²) in [6, 6.07) is 0. The van der Waals surface area contributed by atoms with Crippen molar-refractivity contribution < 1.29 is 9.53 Å². The van der Waals surface area contributed by atoms with E-state index in [2.05, 4.69) is 17.9 Å². The maximum atomic E-state index is 9.75. The second-order valence-electron chi connectivity index (χ2n) is 1.18. The largest absolute Gasteiger partial charge is 0.487 e. The van der Waals surface area contributed by atoms with E-state index in [0.29, 0.717) is 12.9 Å². The molecule has 0 N–H and O–H groups in total. The number of rotatable bonds is 4. The number of aldehydes is 1. The Morgan fingerprint density at radius 2 is 2.38 bits per heavy atom. The monoisotopic (exact) mass is 112 g/mol. The summed E-state index contributed by atoms with van der Waals surface area (Å²) >= 11 is 0. The Bertz CT molecular complexity index is 105. The molecule has 0 atom stereocenters. The Kier molecular flexibility index (Phi) is 3.58. The lowest BCUT2D eigenvalue weighted by molar-refractivity contribution is -0.107. The molecule has 0 saturated heterocycles. The molecule has 0 aliphatic rings. The van der Waals surface area contributed by atoms with E-state index in [-0.39, 0.29) is 5.76 Å². The number of carbonyl (C=O) groups excluding carboxylic acids is 1. The molecule has 0 spiro atoms. The Labute approximate surface area is 48.5 Å². The number of allylic oxidation sites excluding steroid dienone is 1. The summed E-state index contributed by atoms with van der Waals surface area (Å²) in [5.74, 6) is 0.143. The van der Waals surface area contributed by atoms with Gasteiger partial charge in [0.05, 0.1) is 0 Å². The molecule has 0 unspecified atom stereocenters. The average Bonchev–Trinajstić information content (AvgIpc) is 1.83. The maximum Gasteiger partial charge on any atom is 0.184 e. The molecule has 0 radical (unpaired) electrons. The van der Waals surface area contributed by atoms with Crippen LogP contribution in [0.3, 0.4) is 0 Å². The number of hydrogen-bond donors (Lipinski definition) is 0. The highest BCUT2D eigenvalue weighted by atomic mass is 16.5. The summed E-state index contributed by atoms with van der Waals surface area (Å²) in [6.45, 7) is 7.00. The van der Waals surface area contributed by atoms with Gasteiger partial charge in [-0.2, -0.15) is 0 Å². The molecule has 44 valence electrons. The van der Waals surface area contributed by atoms with Gasteiger partial charge < -0.3 is 4.74 Å². The smallest absolute Gasteiger partial charge is 0.184 e. The van der Waals surface area contributed by atoms with Crippen LogP contribution in [0.1, 0.15) is 0 Å². The van der Waals surface area contributed by atoms with E-state index in [1.54, 1.807) is 6.08 Å². The van der Waals surface area contributed by atoms with E-state index in [1.807, 2.05) is 0 Å². The number of ether oxygens (including phenoxy) is 1. The van der Waals surface area contributed by atoms with E-state index in [9.17, 15) is 4.79 Å². The highest BCUT2D eigenvalue weighted by Gasteiger charge is 1.83. The lowest BCUT2D eigenvalue weighted by Crippen LogP contribution is -1.89. The van der Waals surface area contributed by atoms with Crippen molar-refractivity contribution in [1.82, 2.24) is 0 Å². The van der Waals surface area contributed by atoms with Crippen LogP contribution in [0.4, 0.5) is 0 Å². The zero-order chi connectivity index (χ0) is 6.41. The summed E-state index contributed by atoms with van der Waals surface area (Å²) in [6.07, 6.45) is 2.11. The first-order chi connectivity index (χ1) is 3.81. The molecule has 0 aromatic carbocycles. The van der Waals surface area contributed by atoms with Crippen molar-refractivity contribution in [3.8, 4) is 0 Å². The van der Waals surface area contributed by atoms with Gasteiger partial charge in [-0.05, 0) is 0 Å². The van der Waals surface area contributed by atoms with Crippen LogP contribution in [0, 0.1) is 0 Å². The molecule has 0 amide bonds. The van der Waals surface area contributed by atoms with E-state index in [1.165, 1.54) is 0 Å². The SMILES string of the molecule is C=CCOC(=C)C=O. The molecule has 8 heavy (non-hydrogen) atoms. The normalized spacial score (nSPS) is 7.50. The minimum Gasteiger partial charge on any atom is -0.487 e. The molecule has 0 aliphatic carbocycles. The molecule has 2 nitrogen and oxygen atoms in total. The standard InChI is InChI=1S/C6H8O2/c1-3-4-8-6(2)5-7/h3,5H,1-2,4H2. The van der Waals surface area contributed by atoms with Gasteiger partial charge in [0, 0.05) is 0 Å². The van der Waals surface area contributed by atoms with Crippen molar-refractivity contribution in [2.24, 2.45) is 0 Å². The fraction of sp³-hybridized carbons (Fsp3) is 0.167. The van der Waals surface area contributed by atoms with Crippen molar-refractivity contribution >= 4 is 6.29 Å². The van der Waals surface area contributed by atoms with E-state index in [0.717, 1.165) is 0 Å². The van der Waals surface area contributed by atoms with Crippen molar-refractivity contribution in [3.05, 3.63) is 25.0 Å². The third-order valence-corrected chi connectivity index (χ3v) is 0.518. The topological polar surface area (TPSA) is 26.3 Å². The second kappa shape index (κ2) is 4.12. The van der Waals surface area contributed by atoms with Gasteiger partial charge in [-0.15, -0.1) is 0 Å². The van der Waals surface area contributed by atoms with Crippen LogP contribution in [0.15, 0.2) is 25.0 Å². The Hall–Kier alpha value is -1.05. The molecule has 2 heteroatoms. The van der Waals surface area contributed by atoms with Crippen molar-refractivity contribution in [2.75, 3.05) is 6.61 Å². The van der Waals surface area contributed by atoms with Crippen LogP contribution in [-0.4, -0.2) is 12.9 Å². The molecular formula is C6H8O2. The van der Waals surface area contributed by atoms with Crippen LogP contribution in [-0.2, 0) is 9.53 Å². The summed E-state index contributed by atoms with van der Waals surface area (Å²) in [7, 11) is 0. The quantitative estimate of drug-likeness (QED) is 0.234. The average molecular weight is 112 g/mol. The van der Waals surface area contributed by atoms with Gasteiger partial charge >= 0.3 is 0 Å². The minimum absolute atomic E-state index is 0.143. The first-order valence-electron chi connectivity index (χ1n) is 2.19. The summed E-state index contributed by atoms with van der Waals surface area (Å²) in [4.78, 5) is 9.75. The van der Waals surface area contributed by atoms with Crippen molar-refractivity contribution in [3.63, 3.8) is 0 Å². The fourth-order valence-corrected chi connectivity index (χ4v) is 0.200. The first kappa shape index (κ1) is 6.95. The van der Waals surface area contributed by atoms with Crippen molar-refractivity contribution in [1.29, 1.82) is 0 Å². The first-order valence-corrected chi connectivity index (χ1v) is 2.19.